The third kappa shape index (κ3) is 6.06. The molecular formula is C21H24N6O2. The zero-order valence-electron chi connectivity index (χ0n) is 16.3. The van der Waals surface area contributed by atoms with Gasteiger partial charge in [0, 0.05) is 44.0 Å². The second-order valence-corrected chi connectivity index (χ2v) is 6.24. The highest BCUT2D eigenvalue weighted by Crippen LogP contribution is 2.16. The summed E-state index contributed by atoms with van der Waals surface area (Å²) >= 11 is 0. The first-order valence-corrected chi connectivity index (χ1v) is 9.24. The summed E-state index contributed by atoms with van der Waals surface area (Å²) in [7, 11) is 1.56. The Kier molecular flexibility index (Phi) is 7.62. The predicted molar refractivity (Wildman–Crippen MR) is 113 cm³/mol. The maximum absolute atomic E-state index is 5.19. The van der Waals surface area contributed by atoms with Crippen molar-refractivity contribution in [3.05, 3.63) is 71.6 Å². The van der Waals surface area contributed by atoms with E-state index in [9.17, 15) is 0 Å². The van der Waals surface area contributed by atoms with E-state index >= 15 is 0 Å². The van der Waals surface area contributed by atoms with Gasteiger partial charge in [0.05, 0.1) is 7.11 Å². The van der Waals surface area contributed by atoms with Gasteiger partial charge in [-0.15, -0.1) is 15.3 Å². The molecule has 150 valence electrons. The van der Waals surface area contributed by atoms with Crippen LogP contribution in [0.25, 0.3) is 11.5 Å². The average molecular weight is 392 g/mol. The van der Waals surface area contributed by atoms with Crippen molar-refractivity contribution in [1.29, 1.82) is 0 Å². The second-order valence-electron chi connectivity index (χ2n) is 6.24. The number of aromatic nitrogens is 2. The number of rotatable bonds is 10. The lowest BCUT2D eigenvalue weighted by atomic mass is 10.1. The molecule has 29 heavy (non-hydrogen) atoms. The molecule has 0 bridgehead atoms. The van der Waals surface area contributed by atoms with Gasteiger partial charge in [0.2, 0.25) is 18.2 Å². The zero-order valence-corrected chi connectivity index (χ0v) is 16.3. The monoisotopic (exact) mass is 392 g/mol. The molecule has 8 heteroatoms. The molecule has 0 aliphatic rings. The lowest BCUT2D eigenvalue weighted by Crippen LogP contribution is -2.26. The van der Waals surface area contributed by atoms with Gasteiger partial charge in [0.1, 0.15) is 0 Å². The van der Waals surface area contributed by atoms with E-state index in [4.69, 9.17) is 9.15 Å². The molecule has 2 aromatic carbocycles. The van der Waals surface area contributed by atoms with Gasteiger partial charge in [-0.1, -0.05) is 24.3 Å². The van der Waals surface area contributed by atoms with Crippen LogP contribution >= 0.6 is 0 Å². The van der Waals surface area contributed by atoms with Crippen molar-refractivity contribution in [2.45, 2.75) is 13.1 Å². The molecule has 0 saturated heterocycles. The molecule has 0 unspecified atom stereocenters. The van der Waals surface area contributed by atoms with Gasteiger partial charge in [0.15, 0.2) is 0 Å². The molecule has 0 amide bonds. The first-order chi connectivity index (χ1) is 14.3. The summed E-state index contributed by atoms with van der Waals surface area (Å²) in [5.74, 6) is 0.985. The number of ether oxygens (including phenoxy) is 1. The van der Waals surface area contributed by atoms with E-state index in [1.807, 2.05) is 36.4 Å². The summed E-state index contributed by atoms with van der Waals surface area (Å²) < 4.78 is 10.4. The van der Waals surface area contributed by atoms with Crippen molar-refractivity contribution in [2.24, 2.45) is 10.2 Å². The van der Waals surface area contributed by atoms with Gasteiger partial charge in [-0.3, -0.25) is 0 Å². The standard InChI is InChI=1S/C21H24N6O2/c1-22-26-20(28-2)18-7-3-16(4-8-18)13-23-11-12-24-14-17-5-9-19(10-6-17)21-27-25-15-29-21/h3-10,15,23-24H,1,11-14H2,2H3/b26-20-. The van der Waals surface area contributed by atoms with Crippen molar-refractivity contribution in [3.8, 4) is 11.5 Å². The quantitative estimate of drug-likeness (QED) is 0.238. The predicted octanol–water partition coefficient (Wildman–Crippen LogP) is 2.62. The minimum absolute atomic E-state index is 0.453. The summed E-state index contributed by atoms with van der Waals surface area (Å²) in [6, 6.07) is 16.1. The summed E-state index contributed by atoms with van der Waals surface area (Å²) in [6.07, 6.45) is 1.33. The van der Waals surface area contributed by atoms with Crippen LogP contribution < -0.4 is 10.6 Å². The van der Waals surface area contributed by atoms with Gasteiger partial charge in [0.25, 0.3) is 0 Å². The number of nitrogens with zero attached hydrogens (tertiary/aromatic N) is 4. The van der Waals surface area contributed by atoms with Crippen molar-refractivity contribution in [1.82, 2.24) is 20.8 Å². The van der Waals surface area contributed by atoms with E-state index < -0.39 is 0 Å². The molecule has 0 saturated carbocycles. The third-order valence-corrected chi connectivity index (χ3v) is 4.25. The van der Waals surface area contributed by atoms with Crippen LogP contribution in [0.3, 0.4) is 0 Å². The van der Waals surface area contributed by atoms with Gasteiger partial charge in [-0.25, -0.2) is 0 Å². The normalized spacial score (nSPS) is 11.4. The Bertz CT molecular complexity index is 905. The zero-order chi connectivity index (χ0) is 20.3. The Morgan fingerprint density at radius 3 is 2.14 bits per heavy atom. The third-order valence-electron chi connectivity index (χ3n) is 4.25. The van der Waals surface area contributed by atoms with Crippen LogP contribution in [-0.4, -0.2) is 43.0 Å². The van der Waals surface area contributed by atoms with Crippen molar-refractivity contribution in [2.75, 3.05) is 20.2 Å². The Labute approximate surface area is 169 Å². The fourth-order valence-electron chi connectivity index (χ4n) is 2.75. The van der Waals surface area contributed by atoms with Gasteiger partial charge >= 0.3 is 0 Å². The van der Waals surface area contributed by atoms with Crippen molar-refractivity contribution < 1.29 is 9.15 Å². The molecular weight excluding hydrogens is 368 g/mol. The molecule has 0 fully saturated rings. The minimum atomic E-state index is 0.453. The molecule has 2 N–H and O–H groups in total. The summed E-state index contributed by atoms with van der Waals surface area (Å²) in [6.45, 7) is 6.68. The first-order valence-electron chi connectivity index (χ1n) is 9.24. The second kappa shape index (κ2) is 10.8. The van der Waals surface area contributed by atoms with Gasteiger partial charge < -0.3 is 19.8 Å². The molecule has 0 aliphatic carbocycles. The number of benzene rings is 2. The van der Waals surface area contributed by atoms with Crippen LogP contribution in [0.15, 0.2) is 69.5 Å². The maximum Gasteiger partial charge on any atom is 0.247 e. The molecule has 0 aliphatic heterocycles. The fraction of sp³-hybridized carbons (Fsp3) is 0.238. The molecule has 3 aromatic rings. The van der Waals surface area contributed by atoms with Gasteiger partial charge in [-0.2, -0.15) is 5.10 Å². The van der Waals surface area contributed by atoms with Gasteiger partial charge in [-0.05, 0) is 35.4 Å². The van der Waals surface area contributed by atoms with Crippen LogP contribution in [0.4, 0.5) is 0 Å². The Morgan fingerprint density at radius 2 is 1.62 bits per heavy atom. The molecule has 0 radical (unpaired) electrons. The lowest BCUT2D eigenvalue weighted by molar-refractivity contribution is 0.403. The molecule has 0 spiro atoms. The van der Waals surface area contributed by atoms with Crippen molar-refractivity contribution in [3.63, 3.8) is 0 Å². The Balaban J connectivity index is 1.35. The van der Waals surface area contributed by atoms with Crippen molar-refractivity contribution >= 4 is 12.6 Å². The lowest BCUT2D eigenvalue weighted by Gasteiger charge is -2.08. The molecule has 0 atom stereocenters. The number of nitrogens with one attached hydrogen (secondary N) is 2. The van der Waals surface area contributed by atoms with E-state index in [-0.39, 0.29) is 0 Å². The highest BCUT2D eigenvalue weighted by atomic mass is 16.5. The van der Waals surface area contributed by atoms with Crippen LogP contribution in [0.2, 0.25) is 0 Å². The summed E-state index contributed by atoms with van der Waals surface area (Å²) in [5.41, 5.74) is 4.18. The summed E-state index contributed by atoms with van der Waals surface area (Å²) in [4.78, 5) is 0. The highest BCUT2D eigenvalue weighted by molar-refractivity contribution is 5.94. The van der Waals surface area contributed by atoms with E-state index in [0.29, 0.717) is 11.8 Å². The van der Waals surface area contributed by atoms with E-state index in [1.54, 1.807) is 7.11 Å². The van der Waals surface area contributed by atoms with Crippen LogP contribution in [-0.2, 0) is 17.8 Å². The first kappa shape index (κ1) is 20.4. The summed E-state index contributed by atoms with van der Waals surface area (Å²) in [5, 5.41) is 21.8. The molecule has 3 rings (SSSR count). The maximum atomic E-state index is 5.19. The molecule has 1 heterocycles. The molecule has 1 aromatic heterocycles. The average Bonchev–Trinajstić information content (AvgIpc) is 3.30. The van der Waals surface area contributed by atoms with E-state index in [2.05, 4.69) is 49.9 Å². The number of methoxy groups -OCH3 is 1. The van der Waals surface area contributed by atoms with E-state index in [0.717, 1.165) is 37.3 Å². The topological polar surface area (TPSA) is 96.9 Å². The number of hydrogen-bond donors (Lipinski definition) is 2. The van der Waals surface area contributed by atoms with Crippen LogP contribution in [0.1, 0.15) is 16.7 Å². The smallest absolute Gasteiger partial charge is 0.247 e. The van der Waals surface area contributed by atoms with Crippen LogP contribution in [0, 0.1) is 0 Å². The fourth-order valence-corrected chi connectivity index (χ4v) is 2.75. The SMILES string of the molecule is C=N/N=C(\OC)c1ccc(CNCCNCc2ccc(-c3nnco3)cc2)cc1. The van der Waals surface area contributed by atoms with E-state index in [1.165, 1.54) is 17.5 Å². The minimum Gasteiger partial charge on any atom is -0.479 e. The largest absolute Gasteiger partial charge is 0.479 e. The Hall–Kier alpha value is -3.36. The highest BCUT2D eigenvalue weighted by Gasteiger charge is 2.04. The molecule has 8 nitrogen and oxygen atoms in total. The van der Waals surface area contributed by atoms with Crippen LogP contribution in [0.5, 0.6) is 0 Å². The number of hydrogen-bond acceptors (Lipinski definition) is 8. The Morgan fingerprint density at radius 1 is 1.00 bits per heavy atom.